The van der Waals surface area contributed by atoms with E-state index in [0.29, 0.717) is 15.9 Å². The Morgan fingerprint density at radius 2 is 1.88 bits per heavy atom. The number of rotatable bonds is 6. The standard InChI is InChI=1S/C19H16BrClN2OS2/c1-2-16-18(12-3-5-13(20)6-4-12)23-19(26-16)22-17(24)11-25-15-9-7-14(21)8-10-15/h3-10H,2,11H2,1H3,(H,22,23,24). The van der Waals surface area contributed by atoms with Gasteiger partial charge in [0.05, 0.1) is 11.4 Å². The molecule has 2 aromatic carbocycles. The van der Waals surface area contributed by atoms with E-state index in [9.17, 15) is 4.79 Å². The molecule has 0 aliphatic heterocycles. The summed E-state index contributed by atoms with van der Waals surface area (Å²) in [5.74, 6) is 0.264. The van der Waals surface area contributed by atoms with Gasteiger partial charge in [-0.3, -0.25) is 4.79 Å². The van der Waals surface area contributed by atoms with E-state index in [0.717, 1.165) is 31.9 Å². The van der Waals surface area contributed by atoms with Crippen molar-refractivity contribution in [2.45, 2.75) is 18.2 Å². The maximum Gasteiger partial charge on any atom is 0.236 e. The minimum absolute atomic E-state index is 0.0660. The van der Waals surface area contributed by atoms with E-state index in [1.54, 1.807) is 0 Å². The quantitative estimate of drug-likeness (QED) is 0.420. The smallest absolute Gasteiger partial charge is 0.236 e. The Balaban J connectivity index is 1.66. The molecule has 1 amide bonds. The predicted molar refractivity (Wildman–Crippen MR) is 115 cm³/mol. The van der Waals surface area contributed by atoms with Crippen LogP contribution in [-0.4, -0.2) is 16.6 Å². The molecule has 0 aliphatic rings. The lowest BCUT2D eigenvalue weighted by atomic mass is 10.1. The van der Waals surface area contributed by atoms with Crippen LogP contribution in [0.1, 0.15) is 11.8 Å². The number of halogens is 2. The zero-order valence-electron chi connectivity index (χ0n) is 14.0. The van der Waals surface area contributed by atoms with E-state index in [1.807, 2.05) is 48.5 Å². The van der Waals surface area contributed by atoms with Crippen molar-refractivity contribution in [1.29, 1.82) is 0 Å². The molecule has 26 heavy (non-hydrogen) atoms. The Morgan fingerprint density at radius 1 is 1.19 bits per heavy atom. The maximum absolute atomic E-state index is 12.2. The van der Waals surface area contributed by atoms with E-state index in [4.69, 9.17) is 11.6 Å². The number of hydrogen-bond acceptors (Lipinski definition) is 4. The molecule has 0 unspecified atom stereocenters. The first-order chi connectivity index (χ1) is 12.5. The van der Waals surface area contributed by atoms with E-state index in [-0.39, 0.29) is 5.91 Å². The van der Waals surface area contributed by atoms with Crippen molar-refractivity contribution in [3.8, 4) is 11.3 Å². The summed E-state index contributed by atoms with van der Waals surface area (Å²) in [6.07, 6.45) is 0.873. The number of anilines is 1. The van der Waals surface area contributed by atoms with Gasteiger partial charge >= 0.3 is 0 Å². The first-order valence-corrected chi connectivity index (χ1v) is 11.0. The van der Waals surface area contributed by atoms with Crippen molar-refractivity contribution in [3.63, 3.8) is 0 Å². The predicted octanol–water partition coefficient (Wildman–Crippen LogP) is 6.52. The molecule has 3 nitrogen and oxygen atoms in total. The molecule has 3 rings (SSSR count). The lowest BCUT2D eigenvalue weighted by molar-refractivity contribution is -0.113. The lowest BCUT2D eigenvalue weighted by Crippen LogP contribution is -2.13. The number of aromatic nitrogens is 1. The largest absolute Gasteiger partial charge is 0.301 e. The van der Waals surface area contributed by atoms with Crippen molar-refractivity contribution in [2.75, 3.05) is 11.1 Å². The van der Waals surface area contributed by atoms with Crippen molar-refractivity contribution >= 4 is 61.7 Å². The molecular formula is C19H16BrClN2OS2. The second-order valence-electron chi connectivity index (χ2n) is 5.44. The van der Waals surface area contributed by atoms with Gasteiger partial charge in [-0.25, -0.2) is 4.98 Å². The van der Waals surface area contributed by atoms with Gasteiger partial charge in [0.1, 0.15) is 0 Å². The van der Waals surface area contributed by atoms with Crippen LogP contribution in [-0.2, 0) is 11.2 Å². The summed E-state index contributed by atoms with van der Waals surface area (Å²) in [5.41, 5.74) is 1.99. The lowest BCUT2D eigenvalue weighted by Gasteiger charge is -2.02. The van der Waals surface area contributed by atoms with Crippen LogP contribution < -0.4 is 5.32 Å². The second kappa shape index (κ2) is 9.04. The van der Waals surface area contributed by atoms with Gasteiger partial charge in [-0.15, -0.1) is 23.1 Å². The molecule has 0 radical (unpaired) electrons. The Hall–Kier alpha value is -1.34. The average Bonchev–Trinajstić information content (AvgIpc) is 3.04. The molecule has 1 heterocycles. The normalized spacial score (nSPS) is 10.7. The van der Waals surface area contributed by atoms with Gasteiger partial charge in [0.15, 0.2) is 5.13 Å². The van der Waals surface area contributed by atoms with Crippen LogP contribution in [0.15, 0.2) is 57.9 Å². The number of amides is 1. The summed E-state index contributed by atoms with van der Waals surface area (Å²) < 4.78 is 1.03. The van der Waals surface area contributed by atoms with Crippen LogP contribution in [0, 0.1) is 0 Å². The number of benzene rings is 2. The molecule has 0 bridgehead atoms. The highest BCUT2D eigenvalue weighted by Crippen LogP contribution is 2.32. The van der Waals surface area contributed by atoms with Crippen LogP contribution in [0.5, 0.6) is 0 Å². The SMILES string of the molecule is CCc1sc(NC(=O)CSc2ccc(Cl)cc2)nc1-c1ccc(Br)cc1. The summed E-state index contributed by atoms with van der Waals surface area (Å²) >= 11 is 12.3. The average molecular weight is 468 g/mol. The summed E-state index contributed by atoms with van der Waals surface area (Å²) in [7, 11) is 0. The molecule has 0 spiro atoms. The van der Waals surface area contributed by atoms with Gasteiger partial charge in [-0.05, 0) is 42.8 Å². The highest BCUT2D eigenvalue weighted by Gasteiger charge is 2.14. The Labute approximate surface area is 174 Å². The van der Waals surface area contributed by atoms with Crippen molar-refractivity contribution in [1.82, 2.24) is 4.98 Å². The van der Waals surface area contributed by atoms with Crippen molar-refractivity contribution in [3.05, 3.63) is 62.9 Å². The van der Waals surface area contributed by atoms with Gasteiger partial charge in [-0.1, -0.05) is 46.6 Å². The van der Waals surface area contributed by atoms with E-state index >= 15 is 0 Å². The fourth-order valence-electron chi connectivity index (χ4n) is 2.31. The van der Waals surface area contributed by atoms with Crippen molar-refractivity contribution in [2.24, 2.45) is 0 Å². The molecule has 0 saturated heterocycles. The zero-order valence-corrected chi connectivity index (χ0v) is 17.9. The first kappa shape index (κ1) is 19.4. The summed E-state index contributed by atoms with van der Waals surface area (Å²) in [4.78, 5) is 19.0. The number of hydrogen-bond donors (Lipinski definition) is 1. The number of carbonyl (C=O) groups excluding carboxylic acids is 1. The fraction of sp³-hybridized carbons (Fsp3) is 0.158. The molecule has 0 atom stereocenters. The second-order valence-corrected chi connectivity index (χ2v) is 8.93. The zero-order chi connectivity index (χ0) is 18.5. The topological polar surface area (TPSA) is 42.0 Å². The van der Waals surface area contributed by atoms with E-state index < -0.39 is 0 Å². The van der Waals surface area contributed by atoms with Crippen LogP contribution in [0.2, 0.25) is 5.02 Å². The third kappa shape index (κ3) is 5.10. The molecule has 0 fully saturated rings. The molecule has 3 aromatic rings. The Bertz CT molecular complexity index is 895. The maximum atomic E-state index is 12.2. The molecule has 7 heteroatoms. The fourth-order valence-corrected chi connectivity index (χ4v) is 4.34. The monoisotopic (exact) mass is 466 g/mol. The van der Waals surface area contributed by atoms with Crippen LogP contribution >= 0.6 is 50.6 Å². The summed E-state index contributed by atoms with van der Waals surface area (Å²) in [6.45, 7) is 2.10. The number of nitrogens with zero attached hydrogens (tertiary/aromatic N) is 1. The number of carbonyl (C=O) groups is 1. The van der Waals surface area contributed by atoms with Gasteiger partial charge in [-0.2, -0.15) is 0 Å². The van der Waals surface area contributed by atoms with E-state index in [2.05, 4.69) is 33.2 Å². The van der Waals surface area contributed by atoms with Gasteiger partial charge in [0, 0.05) is 24.8 Å². The van der Waals surface area contributed by atoms with Crippen LogP contribution in [0.25, 0.3) is 11.3 Å². The third-order valence-corrected chi connectivity index (χ3v) is 6.47. The first-order valence-electron chi connectivity index (χ1n) is 7.99. The van der Waals surface area contributed by atoms with Crippen molar-refractivity contribution < 1.29 is 4.79 Å². The molecule has 0 saturated carbocycles. The Morgan fingerprint density at radius 3 is 2.54 bits per heavy atom. The molecule has 0 aliphatic carbocycles. The minimum atomic E-state index is -0.0660. The highest BCUT2D eigenvalue weighted by molar-refractivity contribution is 9.10. The number of thiazole rings is 1. The van der Waals surface area contributed by atoms with Crippen LogP contribution in [0.4, 0.5) is 5.13 Å². The molecular weight excluding hydrogens is 452 g/mol. The van der Waals surface area contributed by atoms with Gasteiger partial charge in [0.25, 0.3) is 0 Å². The summed E-state index contributed by atoms with van der Waals surface area (Å²) in [6, 6.07) is 15.5. The number of thioether (sulfide) groups is 1. The molecule has 1 N–H and O–H groups in total. The molecule has 134 valence electrons. The minimum Gasteiger partial charge on any atom is -0.301 e. The highest BCUT2D eigenvalue weighted by atomic mass is 79.9. The van der Waals surface area contributed by atoms with Crippen LogP contribution in [0.3, 0.4) is 0 Å². The Kier molecular flexibility index (Phi) is 6.75. The molecule has 1 aromatic heterocycles. The summed E-state index contributed by atoms with van der Waals surface area (Å²) in [5, 5.41) is 4.24. The number of aryl methyl sites for hydroxylation is 1. The van der Waals surface area contributed by atoms with Gasteiger partial charge in [0.2, 0.25) is 5.91 Å². The third-order valence-electron chi connectivity index (χ3n) is 3.57. The van der Waals surface area contributed by atoms with Gasteiger partial charge < -0.3 is 5.32 Å². The number of nitrogens with one attached hydrogen (secondary N) is 1. The van der Waals surface area contributed by atoms with E-state index in [1.165, 1.54) is 23.1 Å².